The van der Waals surface area contributed by atoms with Crippen LogP contribution in [0, 0.1) is 0 Å². The highest BCUT2D eigenvalue weighted by Crippen LogP contribution is 2.57. The van der Waals surface area contributed by atoms with Crippen LogP contribution in [0.4, 0.5) is 0 Å². The average molecular weight is 323 g/mol. The lowest BCUT2D eigenvalue weighted by molar-refractivity contribution is 0.343. The molecule has 4 nitrogen and oxygen atoms in total. The molecule has 24 heavy (non-hydrogen) atoms. The van der Waals surface area contributed by atoms with Gasteiger partial charge in [0.05, 0.1) is 6.04 Å². The SMILES string of the molecule is C=C(C)CC(c1ccc(O)cc1)n1c(O)c2c(c1O)C1C=CC2C1. The standard InChI is InChI=1S/C20H21NO3/c1-11(2)9-16(12-5-7-15(22)8-6-12)21-19(23)17-13-3-4-14(10-13)18(17)20(21)24/h3-8,13-14,16,22-24H,1,9-10H2,2H3. The molecule has 3 unspecified atom stereocenters. The zero-order chi connectivity index (χ0) is 17.0. The van der Waals surface area contributed by atoms with Crippen molar-refractivity contribution < 1.29 is 15.3 Å². The Bertz CT molecular complexity index is 809. The van der Waals surface area contributed by atoms with Crippen LogP contribution in [0.5, 0.6) is 17.5 Å². The summed E-state index contributed by atoms with van der Waals surface area (Å²) >= 11 is 0. The van der Waals surface area contributed by atoms with Gasteiger partial charge in [0.1, 0.15) is 5.75 Å². The van der Waals surface area contributed by atoms with Gasteiger partial charge < -0.3 is 15.3 Å². The Kier molecular flexibility index (Phi) is 3.23. The van der Waals surface area contributed by atoms with E-state index in [0.29, 0.717) is 6.42 Å². The number of phenolic OH excluding ortho intramolecular Hbond substituents is 1. The van der Waals surface area contributed by atoms with Gasteiger partial charge in [-0.05, 0) is 37.5 Å². The fourth-order valence-corrected chi connectivity index (χ4v) is 4.14. The van der Waals surface area contributed by atoms with Crippen LogP contribution < -0.4 is 0 Å². The minimum Gasteiger partial charge on any atom is -0.508 e. The molecule has 2 aliphatic carbocycles. The van der Waals surface area contributed by atoms with E-state index in [1.54, 1.807) is 16.7 Å². The minimum atomic E-state index is -0.256. The maximum atomic E-state index is 10.8. The number of benzene rings is 1. The Hall–Kier alpha value is -2.62. The first-order chi connectivity index (χ1) is 11.5. The lowest BCUT2D eigenvalue weighted by Gasteiger charge is -2.22. The second kappa shape index (κ2) is 5.20. The summed E-state index contributed by atoms with van der Waals surface area (Å²) in [6.45, 7) is 5.92. The van der Waals surface area contributed by atoms with Crippen molar-refractivity contribution in [1.29, 1.82) is 0 Å². The van der Waals surface area contributed by atoms with E-state index in [-0.39, 0.29) is 35.4 Å². The third kappa shape index (κ3) is 2.06. The van der Waals surface area contributed by atoms with Crippen LogP contribution in [0.1, 0.15) is 54.3 Å². The van der Waals surface area contributed by atoms with Crippen molar-refractivity contribution >= 4 is 0 Å². The van der Waals surface area contributed by atoms with Gasteiger partial charge in [-0.25, -0.2) is 0 Å². The van der Waals surface area contributed by atoms with Crippen molar-refractivity contribution in [2.24, 2.45) is 0 Å². The van der Waals surface area contributed by atoms with Gasteiger partial charge in [0.2, 0.25) is 0 Å². The van der Waals surface area contributed by atoms with Gasteiger partial charge in [-0.3, -0.25) is 4.57 Å². The molecule has 1 aromatic carbocycles. The molecule has 0 fully saturated rings. The number of hydrogen-bond acceptors (Lipinski definition) is 3. The van der Waals surface area contributed by atoms with Crippen molar-refractivity contribution in [1.82, 2.24) is 4.57 Å². The third-order valence-corrected chi connectivity index (χ3v) is 5.18. The van der Waals surface area contributed by atoms with Crippen molar-refractivity contribution in [2.45, 2.75) is 37.6 Å². The molecule has 2 aliphatic rings. The van der Waals surface area contributed by atoms with Crippen LogP contribution in [0.3, 0.4) is 0 Å². The summed E-state index contributed by atoms with van der Waals surface area (Å²) < 4.78 is 1.62. The minimum absolute atomic E-state index is 0.152. The number of allylic oxidation sites excluding steroid dienone is 3. The Morgan fingerprint density at radius 2 is 1.62 bits per heavy atom. The molecular formula is C20H21NO3. The normalized spacial score (nSPS) is 21.9. The third-order valence-electron chi connectivity index (χ3n) is 5.18. The topological polar surface area (TPSA) is 65.6 Å². The molecule has 2 bridgehead atoms. The lowest BCUT2D eigenvalue weighted by Crippen LogP contribution is -2.11. The molecule has 0 saturated carbocycles. The first-order valence-corrected chi connectivity index (χ1v) is 8.25. The number of fused-ring (bicyclic) bond motifs is 5. The Morgan fingerprint density at radius 1 is 1.08 bits per heavy atom. The van der Waals surface area contributed by atoms with Crippen molar-refractivity contribution in [3.63, 3.8) is 0 Å². The van der Waals surface area contributed by atoms with Crippen LogP contribution in [0.25, 0.3) is 0 Å². The lowest BCUT2D eigenvalue weighted by atomic mass is 9.99. The maximum Gasteiger partial charge on any atom is 0.198 e. The van der Waals surface area contributed by atoms with Gasteiger partial charge in [-0.15, -0.1) is 6.58 Å². The van der Waals surface area contributed by atoms with E-state index in [9.17, 15) is 15.3 Å². The van der Waals surface area contributed by atoms with Crippen LogP contribution in [-0.2, 0) is 0 Å². The molecule has 2 aromatic rings. The molecule has 0 amide bonds. The highest BCUT2D eigenvalue weighted by atomic mass is 16.3. The number of nitrogens with zero attached hydrogens (tertiary/aromatic N) is 1. The van der Waals surface area contributed by atoms with E-state index in [2.05, 4.69) is 18.7 Å². The quantitative estimate of drug-likeness (QED) is 0.735. The van der Waals surface area contributed by atoms with E-state index in [0.717, 1.165) is 28.7 Å². The second-order valence-electron chi connectivity index (χ2n) is 6.95. The predicted octanol–water partition coefficient (Wildman–Crippen LogP) is 4.30. The molecule has 0 saturated heterocycles. The van der Waals surface area contributed by atoms with Crippen LogP contribution >= 0.6 is 0 Å². The highest BCUT2D eigenvalue weighted by molar-refractivity contribution is 5.59. The number of aromatic nitrogens is 1. The summed E-state index contributed by atoms with van der Waals surface area (Å²) in [7, 11) is 0. The van der Waals surface area contributed by atoms with E-state index < -0.39 is 0 Å². The van der Waals surface area contributed by atoms with Crippen LogP contribution in [-0.4, -0.2) is 19.9 Å². The van der Waals surface area contributed by atoms with E-state index in [4.69, 9.17) is 0 Å². The average Bonchev–Trinajstić information content (AvgIpc) is 3.20. The van der Waals surface area contributed by atoms with Gasteiger partial charge in [-0.2, -0.15) is 0 Å². The smallest absolute Gasteiger partial charge is 0.198 e. The molecule has 0 aliphatic heterocycles. The molecular weight excluding hydrogens is 302 g/mol. The number of aromatic hydroxyl groups is 3. The van der Waals surface area contributed by atoms with E-state index in [1.807, 2.05) is 19.1 Å². The van der Waals surface area contributed by atoms with Crippen molar-refractivity contribution in [2.75, 3.05) is 0 Å². The van der Waals surface area contributed by atoms with Crippen molar-refractivity contribution in [3.05, 3.63) is 65.3 Å². The largest absolute Gasteiger partial charge is 0.508 e. The van der Waals surface area contributed by atoms with E-state index in [1.165, 1.54) is 0 Å². The van der Waals surface area contributed by atoms with E-state index >= 15 is 0 Å². The first-order valence-electron chi connectivity index (χ1n) is 8.25. The molecule has 4 heteroatoms. The molecule has 124 valence electrons. The maximum absolute atomic E-state index is 10.8. The molecule has 0 spiro atoms. The van der Waals surface area contributed by atoms with Crippen molar-refractivity contribution in [3.8, 4) is 17.5 Å². The molecule has 0 radical (unpaired) electrons. The van der Waals surface area contributed by atoms with Gasteiger partial charge in [0.15, 0.2) is 11.8 Å². The Balaban J connectivity index is 1.85. The first kappa shape index (κ1) is 14.9. The molecule has 1 aromatic heterocycles. The highest BCUT2D eigenvalue weighted by Gasteiger charge is 2.42. The zero-order valence-corrected chi connectivity index (χ0v) is 13.6. The Morgan fingerprint density at radius 3 is 2.12 bits per heavy atom. The summed E-state index contributed by atoms with van der Waals surface area (Å²) in [6.07, 6.45) is 5.77. The number of rotatable bonds is 4. The van der Waals surface area contributed by atoms with Gasteiger partial charge >= 0.3 is 0 Å². The summed E-state index contributed by atoms with van der Waals surface area (Å²) in [5.41, 5.74) is 3.60. The van der Waals surface area contributed by atoms with Gasteiger partial charge in [-0.1, -0.05) is 29.9 Å². The molecule has 4 rings (SSSR count). The zero-order valence-electron chi connectivity index (χ0n) is 13.6. The fourth-order valence-electron chi connectivity index (χ4n) is 4.14. The number of hydrogen-bond donors (Lipinski definition) is 3. The summed E-state index contributed by atoms with van der Waals surface area (Å²) in [6, 6.07) is 6.63. The second-order valence-corrected chi connectivity index (χ2v) is 6.95. The molecule has 1 heterocycles. The summed E-state index contributed by atoms with van der Waals surface area (Å²) in [4.78, 5) is 0. The van der Waals surface area contributed by atoms with Gasteiger partial charge in [0, 0.05) is 23.0 Å². The number of phenols is 1. The predicted molar refractivity (Wildman–Crippen MR) is 92.7 cm³/mol. The molecule has 3 N–H and O–H groups in total. The fraction of sp³-hybridized carbons (Fsp3) is 0.300. The van der Waals surface area contributed by atoms with Crippen LogP contribution in [0.15, 0.2) is 48.6 Å². The monoisotopic (exact) mass is 323 g/mol. The van der Waals surface area contributed by atoms with Crippen LogP contribution in [0.2, 0.25) is 0 Å². The Labute approximate surface area is 141 Å². The molecule has 3 atom stereocenters. The van der Waals surface area contributed by atoms with Gasteiger partial charge in [0.25, 0.3) is 0 Å². The summed E-state index contributed by atoms with van der Waals surface area (Å²) in [5.74, 6) is 0.890. The summed E-state index contributed by atoms with van der Waals surface area (Å²) in [5, 5.41) is 31.2.